The molecular formula is C14H10Cl2FN3S. The van der Waals surface area contributed by atoms with Gasteiger partial charge in [0, 0.05) is 4.88 Å². The summed E-state index contributed by atoms with van der Waals surface area (Å²) < 4.78 is 13.1. The Morgan fingerprint density at radius 3 is 2.76 bits per heavy atom. The minimum Gasteiger partial charge on any atom is -0.338 e. The number of halogens is 3. The topological polar surface area (TPSA) is 37.8 Å². The zero-order valence-electron chi connectivity index (χ0n) is 11.0. The number of aryl methyl sites for hydroxylation is 1. The molecule has 1 aromatic carbocycles. The van der Waals surface area contributed by atoms with E-state index in [9.17, 15) is 4.39 Å². The Labute approximate surface area is 134 Å². The van der Waals surface area contributed by atoms with E-state index in [4.69, 9.17) is 23.2 Å². The Hall–Kier alpha value is -1.43. The van der Waals surface area contributed by atoms with Gasteiger partial charge in [-0.2, -0.15) is 4.98 Å². The maximum Gasteiger partial charge on any atom is 0.225 e. The van der Waals surface area contributed by atoms with Gasteiger partial charge < -0.3 is 5.32 Å². The molecule has 0 saturated carbocycles. The first-order valence-electron chi connectivity index (χ1n) is 6.25. The monoisotopic (exact) mass is 341 g/mol. The van der Waals surface area contributed by atoms with E-state index < -0.39 is 0 Å². The maximum absolute atomic E-state index is 13.1. The van der Waals surface area contributed by atoms with Gasteiger partial charge in [-0.3, -0.25) is 0 Å². The standard InChI is InChI=1S/C14H10Cl2FN3S/c1-2-8-6-9-12(19-14(16)20-13(9)21-8)18-11-4-3-7(17)5-10(11)15/h3-6H,2H2,1H3,(H,18,19,20). The number of nitrogens with zero attached hydrogens (tertiary/aromatic N) is 2. The highest BCUT2D eigenvalue weighted by molar-refractivity contribution is 7.18. The van der Waals surface area contributed by atoms with Gasteiger partial charge in [0.25, 0.3) is 0 Å². The Kier molecular flexibility index (Phi) is 3.97. The lowest BCUT2D eigenvalue weighted by atomic mass is 10.2. The second-order valence-corrected chi connectivity index (χ2v) is 6.24. The lowest BCUT2D eigenvalue weighted by molar-refractivity contribution is 0.628. The van der Waals surface area contributed by atoms with Gasteiger partial charge in [0.2, 0.25) is 5.28 Å². The molecule has 2 heterocycles. The van der Waals surface area contributed by atoms with E-state index in [-0.39, 0.29) is 16.1 Å². The molecule has 3 nitrogen and oxygen atoms in total. The summed E-state index contributed by atoms with van der Waals surface area (Å²) in [5.41, 5.74) is 0.568. The number of nitrogens with one attached hydrogen (secondary N) is 1. The van der Waals surface area contributed by atoms with E-state index in [1.54, 1.807) is 17.4 Å². The highest BCUT2D eigenvalue weighted by Crippen LogP contribution is 2.33. The number of hydrogen-bond acceptors (Lipinski definition) is 4. The molecule has 0 unspecified atom stereocenters. The molecule has 0 aliphatic rings. The summed E-state index contributed by atoms with van der Waals surface area (Å²) in [5.74, 6) is 0.176. The minimum absolute atomic E-state index is 0.160. The number of aromatic nitrogens is 2. The van der Waals surface area contributed by atoms with Crippen molar-refractivity contribution >= 4 is 56.3 Å². The number of hydrogen-bond donors (Lipinski definition) is 1. The van der Waals surface area contributed by atoms with Crippen LogP contribution < -0.4 is 5.32 Å². The molecule has 0 saturated heterocycles. The van der Waals surface area contributed by atoms with Crippen LogP contribution in [0.2, 0.25) is 10.3 Å². The molecule has 3 rings (SSSR count). The molecular weight excluding hydrogens is 332 g/mol. The smallest absolute Gasteiger partial charge is 0.225 e. The van der Waals surface area contributed by atoms with Gasteiger partial charge in [0.1, 0.15) is 16.5 Å². The van der Waals surface area contributed by atoms with Crippen LogP contribution in [0.1, 0.15) is 11.8 Å². The summed E-state index contributed by atoms with van der Waals surface area (Å²) in [7, 11) is 0. The molecule has 0 bridgehead atoms. The fourth-order valence-electron chi connectivity index (χ4n) is 1.93. The third-order valence-electron chi connectivity index (χ3n) is 2.95. The normalized spacial score (nSPS) is 11.0. The summed E-state index contributed by atoms with van der Waals surface area (Å²) in [4.78, 5) is 10.4. The highest BCUT2D eigenvalue weighted by atomic mass is 35.5. The van der Waals surface area contributed by atoms with Crippen LogP contribution in [-0.4, -0.2) is 9.97 Å². The quantitative estimate of drug-likeness (QED) is 0.644. The molecule has 0 fully saturated rings. The average molecular weight is 342 g/mol. The predicted molar refractivity (Wildman–Crippen MR) is 86.5 cm³/mol. The average Bonchev–Trinajstić information content (AvgIpc) is 2.85. The summed E-state index contributed by atoms with van der Waals surface area (Å²) in [6.45, 7) is 2.07. The molecule has 3 aromatic rings. The number of rotatable bonds is 3. The second-order valence-electron chi connectivity index (χ2n) is 4.38. The summed E-state index contributed by atoms with van der Waals surface area (Å²) in [5, 5.41) is 4.41. The number of anilines is 2. The molecule has 108 valence electrons. The van der Waals surface area contributed by atoms with Crippen LogP contribution in [0.3, 0.4) is 0 Å². The zero-order valence-corrected chi connectivity index (χ0v) is 13.3. The first-order valence-corrected chi connectivity index (χ1v) is 7.82. The highest BCUT2D eigenvalue weighted by Gasteiger charge is 2.12. The van der Waals surface area contributed by atoms with Crippen molar-refractivity contribution in [1.29, 1.82) is 0 Å². The molecule has 7 heteroatoms. The molecule has 0 amide bonds. The molecule has 21 heavy (non-hydrogen) atoms. The van der Waals surface area contributed by atoms with Gasteiger partial charge in [-0.05, 0) is 42.3 Å². The van der Waals surface area contributed by atoms with Crippen molar-refractivity contribution in [1.82, 2.24) is 9.97 Å². The van der Waals surface area contributed by atoms with E-state index in [2.05, 4.69) is 22.2 Å². The van der Waals surface area contributed by atoms with Crippen molar-refractivity contribution in [3.63, 3.8) is 0 Å². The Morgan fingerprint density at radius 1 is 1.24 bits per heavy atom. The Balaban J connectivity index is 2.08. The van der Waals surface area contributed by atoms with Gasteiger partial charge in [0.05, 0.1) is 16.1 Å². The zero-order chi connectivity index (χ0) is 15.0. The lowest BCUT2D eigenvalue weighted by Crippen LogP contribution is -1.96. The van der Waals surface area contributed by atoms with Crippen molar-refractivity contribution in [2.75, 3.05) is 5.32 Å². The minimum atomic E-state index is -0.389. The fourth-order valence-corrected chi connectivity index (χ4v) is 3.33. The van der Waals surface area contributed by atoms with Crippen LogP contribution in [0.25, 0.3) is 10.2 Å². The Bertz CT molecular complexity index is 819. The Morgan fingerprint density at radius 2 is 2.05 bits per heavy atom. The van der Waals surface area contributed by atoms with Crippen molar-refractivity contribution in [3.8, 4) is 0 Å². The lowest BCUT2D eigenvalue weighted by Gasteiger charge is -2.08. The van der Waals surface area contributed by atoms with Gasteiger partial charge in [-0.1, -0.05) is 18.5 Å². The fraction of sp³-hybridized carbons (Fsp3) is 0.143. The third kappa shape index (κ3) is 2.95. The molecule has 1 N–H and O–H groups in total. The van der Waals surface area contributed by atoms with E-state index in [0.29, 0.717) is 11.5 Å². The van der Waals surface area contributed by atoms with Crippen LogP contribution in [0.5, 0.6) is 0 Å². The molecule has 0 radical (unpaired) electrons. The van der Waals surface area contributed by atoms with Crippen molar-refractivity contribution < 1.29 is 4.39 Å². The molecule has 0 aliphatic heterocycles. The van der Waals surface area contributed by atoms with E-state index in [1.165, 1.54) is 17.0 Å². The van der Waals surface area contributed by atoms with Crippen LogP contribution in [0, 0.1) is 5.82 Å². The third-order valence-corrected chi connectivity index (χ3v) is 4.60. The molecule has 0 aliphatic carbocycles. The SMILES string of the molecule is CCc1cc2c(Nc3ccc(F)cc3Cl)nc(Cl)nc2s1. The van der Waals surface area contributed by atoms with Crippen LogP contribution in [-0.2, 0) is 6.42 Å². The van der Waals surface area contributed by atoms with Gasteiger partial charge in [-0.15, -0.1) is 11.3 Å². The first-order chi connectivity index (χ1) is 10.1. The van der Waals surface area contributed by atoms with Crippen molar-refractivity contribution in [2.24, 2.45) is 0 Å². The van der Waals surface area contributed by atoms with E-state index >= 15 is 0 Å². The van der Waals surface area contributed by atoms with Gasteiger partial charge >= 0.3 is 0 Å². The molecule has 2 aromatic heterocycles. The van der Waals surface area contributed by atoms with Crippen molar-refractivity contribution in [2.45, 2.75) is 13.3 Å². The largest absolute Gasteiger partial charge is 0.338 e. The summed E-state index contributed by atoms with van der Waals surface area (Å²) in [6.07, 6.45) is 0.912. The molecule has 0 spiro atoms. The summed E-state index contributed by atoms with van der Waals surface area (Å²) in [6, 6.07) is 6.16. The maximum atomic E-state index is 13.1. The summed E-state index contributed by atoms with van der Waals surface area (Å²) >= 11 is 13.6. The number of thiophene rings is 1. The number of benzene rings is 1. The van der Waals surface area contributed by atoms with Gasteiger partial charge in [0.15, 0.2) is 0 Å². The second kappa shape index (κ2) is 5.75. The first kappa shape index (κ1) is 14.5. The van der Waals surface area contributed by atoms with Crippen molar-refractivity contribution in [3.05, 3.63) is 45.3 Å². The van der Waals surface area contributed by atoms with Crippen LogP contribution in [0.15, 0.2) is 24.3 Å². The van der Waals surface area contributed by atoms with E-state index in [0.717, 1.165) is 16.6 Å². The van der Waals surface area contributed by atoms with Gasteiger partial charge in [-0.25, -0.2) is 9.37 Å². The number of fused-ring (bicyclic) bond motifs is 1. The van der Waals surface area contributed by atoms with Crippen LogP contribution >= 0.6 is 34.5 Å². The predicted octanol–water partition coefficient (Wildman–Crippen LogP) is 5.44. The van der Waals surface area contributed by atoms with E-state index in [1.807, 2.05) is 6.07 Å². The van der Waals surface area contributed by atoms with Crippen LogP contribution in [0.4, 0.5) is 15.9 Å². The molecule has 0 atom stereocenters.